The molecule has 0 aliphatic heterocycles. The summed E-state index contributed by atoms with van der Waals surface area (Å²) >= 11 is 0. The van der Waals surface area contributed by atoms with Gasteiger partial charge in [-0.2, -0.15) is 0 Å². The first-order chi connectivity index (χ1) is 9.78. The molecule has 2 nitrogen and oxygen atoms in total. The molecule has 1 N–H and O–H groups in total. The minimum atomic E-state index is -0.0758. The lowest BCUT2D eigenvalue weighted by Crippen LogP contribution is -2.18. The van der Waals surface area contributed by atoms with E-state index in [0.717, 1.165) is 36.3 Å². The summed E-state index contributed by atoms with van der Waals surface area (Å²) in [5.74, 6) is 0.787. The van der Waals surface area contributed by atoms with Crippen LogP contribution < -0.4 is 10.1 Å². The van der Waals surface area contributed by atoms with E-state index in [0.29, 0.717) is 0 Å². The monoisotopic (exact) mass is 271 g/mol. The molecule has 1 unspecified atom stereocenters. The maximum Gasteiger partial charge on any atom is 0.126 e. The van der Waals surface area contributed by atoms with Crippen molar-refractivity contribution in [3.05, 3.63) is 65.0 Å². The van der Waals surface area contributed by atoms with E-state index in [1.54, 1.807) is 19.2 Å². The van der Waals surface area contributed by atoms with Crippen molar-refractivity contribution in [2.45, 2.75) is 25.4 Å². The van der Waals surface area contributed by atoms with E-state index in [1.165, 1.54) is 5.56 Å². The van der Waals surface area contributed by atoms with Crippen LogP contribution in [0.15, 0.2) is 42.5 Å². The summed E-state index contributed by atoms with van der Waals surface area (Å²) in [5.41, 5.74) is 3.15. The van der Waals surface area contributed by atoms with Crippen LogP contribution in [0.25, 0.3) is 0 Å². The topological polar surface area (TPSA) is 21.3 Å². The molecule has 0 fully saturated rings. The fourth-order valence-corrected chi connectivity index (χ4v) is 2.85. The van der Waals surface area contributed by atoms with Gasteiger partial charge in [-0.1, -0.05) is 24.3 Å². The molecule has 0 spiro atoms. The third-order valence-electron chi connectivity index (χ3n) is 3.90. The highest BCUT2D eigenvalue weighted by atomic mass is 19.1. The number of hydrogen-bond acceptors (Lipinski definition) is 2. The Morgan fingerprint density at radius 2 is 2.10 bits per heavy atom. The van der Waals surface area contributed by atoms with Gasteiger partial charge in [-0.3, -0.25) is 0 Å². The number of rotatable bonds is 4. The molecule has 0 heterocycles. The van der Waals surface area contributed by atoms with Crippen LogP contribution >= 0.6 is 0 Å². The second-order valence-corrected chi connectivity index (χ2v) is 5.13. The van der Waals surface area contributed by atoms with Crippen LogP contribution in [-0.4, -0.2) is 7.11 Å². The van der Waals surface area contributed by atoms with Crippen molar-refractivity contribution in [3.63, 3.8) is 0 Å². The summed E-state index contributed by atoms with van der Waals surface area (Å²) in [7, 11) is 1.67. The number of methoxy groups -OCH3 is 1. The van der Waals surface area contributed by atoms with Crippen LogP contribution in [0.1, 0.15) is 29.2 Å². The lowest BCUT2D eigenvalue weighted by Gasteiger charge is -2.14. The average molecular weight is 271 g/mol. The van der Waals surface area contributed by atoms with Crippen molar-refractivity contribution in [2.24, 2.45) is 0 Å². The second kappa shape index (κ2) is 5.63. The number of hydrogen-bond donors (Lipinski definition) is 1. The van der Waals surface area contributed by atoms with Gasteiger partial charge >= 0.3 is 0 Å². The predicted molar refractivity (Wildman–Crippen MR) is 77.3 cm³/mol. The SMILES string of the molecule is COc1cccc(CNC2CCc3c(F)cccc32)c1. The van der Waals surface area contributed by atoms with Gasteiger partial charge in [0, 0.05) is 12.6 Å². The normalized spacial score (nSPS) is 17.0. The first kappa shape index (κ1) is 13.1. The molecule has 0 aromatic heterocycles. The minimum absolute atomic E-state index is 0.0758. The lowest BCUT2D eigenvalue weighted by atomic mass is 10.1. The molecule has 1 atom stereocenters. The van der Waals surface area contributed by atoms with Crippen molar-refractivity contribution >= 4 is 0 Å². The quantitative estimate of drug-likeness (QED) is 0.917. The van der Waals surface area contributed by atoms with Gasteiger partial charge in [0.15, 0.2) is 0 Å². The average Bonchev–Trinajstić information content (AvgIpc) is 2.90. The predicted octanol–water partition coefficient (Wildman–Crippen LogP) is 3.61. The van der Waals surface area contributed by atoms with Gasteiger partial charge in [-0.25, -0.2) is 4.39 Å². The first-order valence-electron chi connectivity index (χ1n) is 6.91. The Labute approximate surface area is 118 Å². The zero-order valence-electron chi connectivity index (χ0n) is 11.5. The smallest absolute Gasteiger partial charge is 0.126 e. The molecule has 20 heavy (non-hydrogen) atoms. The van der Waals surface area contributed by atoms with Gasteiger partial charge in [-0.05, 0) is 47.7 Å². The highest BCUT2D eigenvalue weighted by Gasteiger charge is 2.24. The largest absolute Gasteiger partial charge is 0.497 e. The van der Waals surface area contributed by atoms with Crippen LogP contribution in [0.3, 0.4) is 0 Å². The first-order valence-corrected chi connectivity index (χ1v) is 6.91. The minimum Gasteiger partial charge on any atom is -0.497 e. The van der Waals surface area contributed by atoms with Gasteiger partial charge in [0.2, 0.25) is 0 Å². The molecule has 0 saturated carbocycles. The van der Waals surface area contributed by atoms with Crippen molar-refractivity contribution in [1.29, 1.82) is 0 Å². The molecule has 1 aliphatic carbocycles. The Kier molecular flexibility index (Phi) is 3.70. The highest BCUT2D eigenvalue weighted by Crippen LogP contribution is 2.32. The van der Waals surface area contributed by atoms with Crippen molar-refractivity contribution in [3.8, 4) is 5.75 Å². The van der Waals surface area contributed by atoms with Crippen LogP contribution in [0.4, 0.5) is 4.39 Å². The molecule has 0 bridgehead atoms. The second-order valence-electron chi connectivity index (χ2n) is 5.13. The zero-order valence-corrected chi connectivity index (χ0v) is 11.5. The Hall–Kier alpha value is -1.87. The van der Waals surface area contributed by atoms with Crippen molar-refractivity contribution in [1.82, 2.24) is 5.32 Å². The van der Waals surface area contributed by atoms with Gasteiger partial charge in [0.1, 0.15) is 11.6 Å². The van der Waals surface area contributed by atoms with Gasteiger partial charge in [-0.15, -0.1) is 0 Å². The standard InChI is InChI=1S/C17H18FNO/c1-20-13-5-2-4-12(10-13)11-19-17-9-8-14-15(17)6-3-7-16(14)18/h2-7,10,17,19H,8-9,11H2,1H3. The fourth-order valence-electron chi connectivity index (χ4n) is 2.85. The van der Waals surface area contributed by atoms with Crippen molar-refractivity contribution < 1.29 is 9.13 Å². The fraction of sp³-hybridized carbons (Fsp3) is 0.294. The maximum absolute atomic E-state index is 13.7. The molecule has 1 aliphatic rings. The molecular weight excluding hydrogens is 253 g/mol. The Morgan fingerprint density at radius 1 is 1.25 bits per heavy atom. The Balaban J connectivity index is 1.70. The van der Waals surface area contributed by atoms with Crippen LogP contribution in [-0.2, 0) is 13.0 Å². The molecule has 104 valence electrons. The van der Waals surface area contributed by atoms with E-state index in [2.05, 4.69) is 11.4 Å². The number of nitrogens with one attached hydrogen (secondary N) is 1. The molecule has 0 amide bonds. The van der Waals surface area contributed by atoms with E-state index >= 15 is 0 Å². The van der Waals surface area contributed by atoms with E-state index in [1.807, 2.05) is 24.3 Å². The van der Waals surface area contributed by atoms with Gasteiger partial charge < -0.3 is 10.1 Å². The number of halogens is 1. The number of benzene rings is 2. The van der Waals surface area contributed by atoms with Gasteiger partial charge in [0.25, 0.3) is 0 Å². The van der Waals surface area contributed by atoms with E-state index < -0.39 is 0 Å². The Morgan fingerprint density at radius 3 is 2.95 bits per heavy atom. The van der Waals surface area contributed by atoms with Crippen molar-refractivity contribution in [2.75, 3.05) is 7.11 Å². The molecule has 2 aromatic carbocycles. The van der Waals surface area contributed by atoms with Crippen LogP contribution in [0, 0.1) is 5.82 Å². The molecule has 0 radical (unpaired) electrons. The summed E-state index contributed by atoms with van der Waals surface area (Å²) in [6.45, 7) is 0.762. The van der Waals surface area contributed by atoms with E-state index in [-0.39, 0.29) is 11.9 Å². The van der Waals surface area contributed by atoms with E-state index in [4.69, 9.17) is 4.74 Å². The summed E-state index contributed by atoms with van der Waals surface area (Å²) in [4.78, 5) is 0. The lowest BCUT2D eigenvalue weighted by molar-refractivity contribution is 0.413. The highest BCUT2D eigenvalue weighted by molar-refractivity contribution is 5.36. The summed E-state index contributed by atoms with van der Waals surface area (Å²) < 4.78 is 18.9. The summed E-state index contributed by atoms with van der Waals surface area (Å²) in [5, 5.41) is 3.51. The van der Waals surface area contributed by atoms with Gasteiger partial charge in [0.05, 0.1) is 7.11 Å². The molecule has 3 heteroatoms. The van der Waals surface area contributed by atoms with Crippen LogP contribution in [0.5, 0.6) is 5.75 Å². The summed E-state index contributed by atoms with van der Waals surface area (Å²) in [6.07, 6.45) is 1.78. The number of fused-ring (bicyclic) bond motifs is 1. The number of ether oxygens (including phenoxy) is 1. The zero-order chi connectivity index (χ0) is 13.9. The molecular formula is C17H18FNO. The third-order valence-corrected chi connectivity index (χ3v) is 3.90. The Bertz CT molecular complexity index is 612. The van der Waals surface area contributed by atoms with Crippen LogP contribution in [0.2, 0.25) is 0 Å². The van der Waals surface area contributed by atoms with E-state index in [9.17, 15) is 4.39 Å². The molecule has 2 aromatic rings. The molecule has 0 saturated heterocycles. The summed E-state index contributed by atoms with van der Waals surface area (Å²) in [6, 6.07) is 13.6. The third kappa shape index (κ3) is 2.54. The molecule has 3 rings (SSSR count). The maximum atomic E-state index is 13.7.